The van der Waals surface area contributed by atoms with Gasteiger partial charge < -0.3 is 10.3 Å². The first-order chi connectivity index (χ1) is 17.3. The van der Waals surface area contributed by atoms with Crippen LogP contribution in [-0.2, 0) is 16.4 Å². The number of hydrogen-bond acceptors (Lipinski definition) is 7. The van der Waals surface area contributed by atoms with Gasteiger partial charge in [0, 0.05) is 25.1 Å². The van der Waals surface area contributed by atoms with Crippen molar-refractivity contribution in [2.75, 3.05) is 22.3 Å². The molecular weight excluding hydrogens is 490 g/mol. The van der Waals surface area contributed by atoms with E-state index in [2.05, 4.69) is 30.0 Å². The van der Waals surface area contributed by atoms with Crippen molar-refractivity contribution in [3.05, 3.63) is 77.5 Å². The highest BCUT2D eigenvalue weighted by Gasteiger charge is 2.27. The molecule has 3 aromatic heterocycles. The quantitative estimate of drug-likeness (QED) is 0.203. The number of nitrogens with one attached hydrogen (secondary N) is 3. The summed E-state index contributed by atoms with van der Waals surface area (Å²) in [7, 11) is -3.85. The monoisotopic (exact) mass is 514 g/mol. The van der Waals surface area contributed by atoms with Gasteiger partial charge in [-0.2, -0.15) is 0 Å². The van der Waals surface area contributed by atoms with Gasteiger partial charge in [-0.1, -0.05) is 13.0 Å². The fourth-order valence-corrected chi connectivity index (χ4v) is 4.91. The Morgan fingerprint density at radius 2 is 2.00 bits per heavy atom. The van der Waals surface area contributed by atoms with E-state index < -0.39 is 38.7 Å². The molecule has 0 aliphatic heterocycles. The zero-order valence-electron chi connectivity index (χ0n) is 19.4. The number of carbonyl (C=O) groups excluding carboxylic acids is 1. The SMILES string of the molecule is CCCS(=O)(=O)Nc1ccc(F)c(C(=O)c2c[nH]c3ncnc(NCCCc4cccnc4)c23)c1F. The normalized spacial score (nSPS) is 11.5. The smallest absolute Gasteiger partial charge is 0.232 e. The molecule has 0 saturated heterocycles. The highest BCUT2D eigenvalue weighted by molar-refractivity contribution is 7.92. The van der Waals surface area contributed by atoms with Gasteiger partial charge in [0.25, 0.3) is 0 Å². The molecule has 4 rings (SSSR count). The minimum Gasteiger partial charge on any atom is -0.369 e. The molecule has 4 aromatic rings. The van der Waals surface area contributed by atoms with Crippen LogP contribution in [0, 0.1) is 11.6 Å². The Kier molecular flexibility index (Phi) is 7.53. The zero-order chi connectivity index (χ0) is 25.7. The van der Waals surface area contributed by atoms with Gasteiger partial charge in [0.05, 0.1) is 28.0 Å². The van der Waals surface area contributed by atoms with E-state index in [1.165, 1.54) is 12.5 Å². The lowest BCUT2D eigenvalue weighted by Crippen LogP contribution is -2.18. The third-order valence-electron chi connectivity index (χ3n) is 5.43. The van der Waals surface area contributed by atoms with E-state index in [4.69, 9.17) is 0 Å². The number of anilines is 2. The lowest BCUT2D eigenvalue weighted by Gasteiger charge is -2.12. The maximum atomic E-state index is 15.2. The summed E-state index contributed by atoms with van der Waals surface area (Å²) in [6.45, 7) is 2.16. The molecule has 0 amide bonds. The van der Waals surface area contributed by atoms with Crippen LogP contribution in [0.15, 0.2) is 49.2 Å². The maximum absolute atomic E-state index is 15.2. The molecule has 0 atom stereocenters. The third-order valence-corrected chi connectivity index (χ3v) is 6.91. The number of aromatic nitrogens is 4. The number of carbonyl (C=O) groups is 1. The van der Waals surface area contributed by atoms with Gasteiger partial charge in [0.15, 0.2) is 5.82 Å². The number of benzene rings is 1. The number of H-pyrrole nitrogens is 1. The average molecular weight is 515 g/mol. The van der Waals surface area contributed by atoms with Crippen LogP contribution in [0.5, 0.6) is 0 Å². The first kappa shape index (κ1) is 25.2. The molecule has 0 fully saturated rings. The van der Waals surface area contributed by atoms with Gasteiger partial charge in [-0.3, -0.25) is 14.5 Å². The Bertz CT molecular complexity index is 1490. The fourth-order valence-electron chi connectivity index (χ4n) is 3.78. The lowest BCUT2D eigenvalue weighted by atomic mass is 10.0. The summed E-state index contributed by atoms with van der Waals surface area (Å²) in [6.07, 6.45) is 7.91. The Labute approximate surface area is 206 Å². The standard InChI is InChI=1S/C24H24F2N6O3S/c1-2-11-36(34,35)32-18-8-7-17(25)20(21(18)26)22(33)16-13-29-24-19(16)23(30-14-31-24)28-10-4-6-15-5-3-9-27-12-15/h3,5,7-9,12-14,32H,2,4,6,10-11H2,1H3,(H2,28,29,30,31). The maximum Gasteiger partial charge on any atom is 0.232 e. The molecule has 0 unspecified atom stereocenters. The number of halogens is 2. The van der Waals surface area contributed by atoms with Crippen molar-refractivity contribution in [2.24, 2.45) is 0 Å². The van der Waals surface area contributed by atoms with Crippen LogP contribution in [0.25, 0.3) is 11.0 Å². The summed E-state index contributed by atoms with van der Waals surface area (Å²) in [5.74, 6) is -3.30. The van der Waals surface area contributed by atoms with Crippen molar-refractivity contribution < 1.29 is 22.0 Å². The Morgan fingerprint density at radius 3 is 2.75 bits per heavy atom. The second-order valence-corrected chi connectivity index (χ2v) is 9.92. The highest BCUT2D eigenvalue weighted by atomic mass is 32.2. The fraction of sp³-hybridized carbons (Fsp3) is 0.250. The van der Waals surface area contributed by atoms with E-state index >= 15 is 4.39 Å². The van der Waals surface area contributed by atoms with E-state index in [1.807, 2.05) is 12.1 Å². The Hall–Kier alpha value is -3.93. The van der Waals surface area contributed by atoms with Crippen molar-refractivity contribution in [1.82, 2.24) is 19.9 Å². The highest BCUT2D eigenvalue weighted by Crippen LogP contribution is 2.29. The zero-order valence-corrected chi connectivity index (χ0v) is 20.2. The minimum absolute atomic E-state index is 0.0493. The number of hydrogen-bond donors (Lipinski definition) is 3. The second-order valence-electron chi connectivity index (χ2n) is 8.07. The summed E-state index contributed by atoms with van der Waals surface area (Å²) >= 11 is 0. The van der Waals surface area contributed by atoms with Crippen molar-refractivity contribution in [1.29, 1.82) is 0 Å². The Balaban J connectivity index is 1.61. The van der Waals surface area contributed by atoms with Crippen LogP contribution in [0.4, 0.5) is 20.3 Å². The lowest BCUT2D eigenvalue weighted by molar-refractivity contribution is 0.103. The topological polar surface area (TPSA) is 130 Å². The number of aryl methyl sites for hydroxylation is 1. The number of pyridine rings is 1. The van der Waals surface area contributed by atoms with Crippen LogP contribution in [0.2, 0.25) is 0 Å². The summed E-state index contributed by atoms with van der Waals surface area (Å²) in [5.41, 5.74) is -0.0440. The van der Waals surface area contributed by atoms with Gasteiger partial charge in [-0.05, 0) is 43.0 Å². The van der Waals surface area contributed by atoms with Crippen LogP contribution < -0.4 is 10.0 Å². The minimum atomic E-state index is -3.85. The number of sulfonamides is 1. The molecule has 188 valence electrons. The van der Waals surface area contributed by atoms with Crippen molar-refractivity contribution in [2.45, 2.75) is 26.2 Å². The number of aromatic amines is 1. The molecular formula is C24H24F2N6O3S. The van der Waals surface area contributed by atoms with Crippen molar-refractivity contribution in [3.63, 3.8) is 0 Å². The molecule has 0 saturated carbocycles. The molecule has 0 aliphatic carbocycles. The van der Waals surface area contributed by atoms with E-state index in [1.54, 1.807) is 19.3 Å². The molecule has 3 N–H and O–H groups in total. The van der Waals surface area contributed by atoms with E-state index in [0.717, 1.165) is 30.5 Å². The van der Waals surface area contributed by atoms with Gasteiger partial charge >= 0.3 is 0 Å². The van der Waals surface area contributed by atoms with Crippen LogP contribution in [0.3, 0.4) is 0 Å². The molecule has 9 nitrogen and oxygen atoms in total. The van der Waals surface area contributed by atoms with E-state index in [-0.39, 0.29) is 16.7 Å². The van der Waals surface area contributed by atoms with Gasteiger partial charge in [0.2, 0.25) is 15.8 Å². The third kappa shape index (κ3) is 5.48. The molecule has 0 spiro atoms. The summed E-state index contributed by atoms with van der Waals surface area (Å²) in [6, 6.07) is 5.63. The van der Waals surface area contributed by atoms with E-state index in [0.29, 0.717) is 24.4 Å². The molecule has 12 heteroatoms. The number of nitrogens with zero attached hydrogens (tertiary/aromatic N) is 3. The van der Waals surface area contributed by atoms with Crippen molar-refractivity contribution in [3.8, 4) is 0 Å². The van der Waals surface area contributed by atoms with Crippen LogP contribution in [-0.4, -0.2) is 46.4 Å². The predicted octanol–water partition coefficient (Wildman–Crippen LogP) is 4.06. The van der Waals surface area contributed by atoms with Gasteiger partial charge in [-0.15, -0.1) is 0 Å². The van der Waals surface area contributed by atoms with Crippen molar-refractivity contribution >= 4 is 38.3 Å². The Morgan fingerprint density at radius 1 is 1.17 bits per heavy atom. The van der Waals surface area contributed by atoms with Gasteiger partial charge in [0.1, 0.15) is 23.6 Å². The molecule has 36 heavy (non-hydrogen) atoms. The molecule has 0 aliphatic rings. The number of rotatable bonds is 11. The molecule has 1 aromatic carbocycles. The first-order valence-electron chi connectivity index (χ1n) is 11.3. The summed E-state index contributed by atoms with van der Waals surface area (Å²) in [5, 5.41) is 3.43. The number of fused-ring (bicyclic) bond motifs is 1. The predicted molar refractivity (Wildman–Crippen MR) is 132 cm³/mol. The average Bonchev–Trinajstić information content (AvgIpc) is 3.29. The summed E-state index contributed by atoms with van der Waals surface area (Å²) < 4.78 is 56.1. The molecule has 3 heterocycles. The van der Waals surface area contributed by atoms with E-state index in [9.17, 15) is 17.6 Å². The second kappa shape index (κ2) is 10.8. The first-order valence-corrected chi connectivity index (χ1v) is 12.9. The van der Waals surface area contributed by atoms with Gasteiger partial charge in [-0.25, -0.2) is 27.2 Å². The molecule has 0 radical (unpaired) electrons. The van der Waals surface area contributed by atoms with Crippen LogP contribution >= 0.6 is 0 Å². The summed E-state index contributed by atoms with van der Waals surface area (Å²) in [4.78, 5) is 28.5. The largest absolute Gasteiger partial charge is 0.369 e. The molecule has 0 bridgehead atoms. The van der Waals surface area contributed by atoms with Crippen LogP contribution in [0.1, 0.15) is 41.3 Å². The number of ketones is 1.